The van der Waals surface area contributed by atoms with Crippen molar-refractivity contribution < 1.29 is 9.59 Å². The van der Waals surface area contributed by atoms with E-state index in [0.717, 1.165) is 22.5 Å². The standard InChI is InChI=1S/C23H21ClN4O2/c1-15-3-8-19(9-4-15)26-21-12-7-18(24)13-17(21)14-25-28-23(30)22(29)27-20-10-5-16(2)6-11-20/h3-14,26H,1-2H3,(H,27,29)(H,28,30)/b25-14-. The topological polar surface area (TPSA) is 82.6 Å². The summed E-state index contributed by atoms with van der Waals surface area (Å²) in [7, 11) is 0. The van der Waals surface area contributed by atoms with Crippen LogP contribution in [0.1, 0.15) is 16.7 Å². The molecule has 0 radical (unpaired) electrons. The van der Waals surface area contributed by atoms with Crippen molar-refractivity contribution in [2.75, 3.05) is 10.6 Å². The molecule has 0 saturated carbocycles. The molecule has 2 amide bonds. The maximum absolute atomic E-state index is 12.0. The Bertz CT molecular complexity index is 1080. The van der Waals surface area contributed by atoms with Gasteiger partial charge in [0.25, 0.3) is 0 Å². The van der Waals surface area contributed by atoms with Crippen LogP contribution in [0.4, 0.5) is 17.1 Å². The molecule has 0 heterocycles. The molecule has 0 atom stereocenters. The average molecular weight is 421 g/mol. The van der Waals surface area contributed by atoms with E-state index in [9.17, 15) is 9.59 Å². The van der Waals surface area contributed by atoms with Crippen LogP contribution in [0.15, 0.2) is 71.8 Å². The molecule has 3 rings (SSSR count). The molecule has 0 aliphatic heterocycles. The molecule has 3 aromatic rings. The highest BCUT2D eigenvalue weighted by Gasteiger charge is 2.12. The predicted molar refractivity (Wildman–Crippen MR) is 121 cm³/mol. The molecule has 3 aromatic carbocycles. The first-order valence-corrected chi connectivity index (χ1v) is 9.63. The number of nitrogens with one attached hydrogen (secondary N) is 3. The number of halogens is 1. The zero-order valence-electron chi connectivity index (χ0n) is 16.6. The first-order valence-electron chi connectivity index (χ1n) is 9.25. The molecule has 0 unspecified atom stereocenters. The number of aryl methyl sites for hydroxylation is 2. The Labute approximate surface area is 180 Å². The van der Waals surface area contributed by atoms with Gasteiger partial charge in [0.15, 0.2) is 0 Å². The second-order valence-corrected chi connectivity index (χ2v) is 7.18. The summed E-state index contributed by atoms with van der Waals surface area (Å²) < 4.78 is 0. The van der Waals surface area contributed by atoms with Crippen LogP contribution in [-0.2, 0) is 9.59 Å². The van der Waals surface area contributed by atoms with Crippen molar-refractivity contribution in [1.29, 1.82) is 0 Å². The van der Waals surface area contributed by atoms with Gasteiger partial charge < -0.3 is 10.6 Å². The lowest BCUT2D eigenvalue weighted by Crippen LogP contribution is -2.32. The highest BCUT2D eigenvalue weighted by atomic mass is 35.5. The van der Waals surface area contributed by atoms with Crippen LogP contribution in [0, 0.1) is 13.8 Å². The number of anilines is 3. The first-order chi connectivity index (χ1) is 14.4. The van der Waals surface area contributed by atoms with Crippen LogP contribution in [0.5, 0.6) is 0 Å². The normalized spacial score (nSPS) is 10.6. The molecule has 0 aliphatic rings. The van der Waals surface area contributed by atoms with Gasteiger partial charge in [0, 0.05) is 27.6 Å². The van der Waals surface area contributed by atoms with Gasteiger partial charge >= 0.3 is 11.8 Å². The number of carbonyl (C=O) groups is 2. The molecule has 0 spiro atoms. The van der Waals surface area contributed by atoms with E-state index in [4.69, 9.17) is 11.6 Å². The van der Waals surface area contributed by atoms with Gasteiger partial charge in [-0.1, -0.05) is 47.0 Å². The largest absolute Gasteiger partial charge is 0.355 e. The van der Waals surface area contributed by atoms with Crippen molar-refractivity contribution in [3.63, 3.8) is 0 Å². The van der Waals surface area contributed by atoms with Crippen molar-refractivity contribution in [2.45, 2.75) is 13.8 Å². The van der Waals surface area contributed by atoms with Crippen molar-refractivity contribution in [3.8, 4) is 0 Å². The number of amides is 2. The molecule has 0 saturated heterocycles. The van der Waals surface area contributed by atoms with Gasteiger partial charge in [-0.05, 0) is 56.3 Å². The number of nitrogens with zero attached hydrogens (tertiary/aromatic N) is 1. The van der Waals surface area contributed by atoms with Gasteiger partial charge in [-0.15, -0.1) is 0 Å². The maximum atomic E-state index is 12.0. The van der Waals surface area contributed by atoms with E-state index in [-0.39, 0.29) is 0 Å². The zero-order chi connectivity index (χ0) is 21.5. The average Bonchev–Trinajstić information content (AvgIpc) is 2.73. The summed E-state index contributed by atoms with van der Waals surface area (Å²) in [6.45, 7) is 3.95. The van der Waals surface area contributed by atoms with Crippen LogP contribution in [0.2, 0.25) is 5.02 Å². The molecular weight excluding hydrogens is 400 g/mol. The minimum absolute atomic E-state index is 0.523. The fraction of sp³-hybridized carbons (Fsp3) is 0.0870. The van der Waals surface area contributed by atoms with Crippen molar-refractivity contribution in [2.24, 2.45) is 5.10 Å². The van der Waals surface area contributed by atoms with Crippen LogP contribution in [0.3, 0.4) is 0 Å². The van der Waals surface area contributed by atoms with Gasteiger partial charge in [0.2, 0.25) is 0 Å². The zero-order valence-corrected chi connectivity index (χ0v) is 17.3. The lowest BCUT2D eigenvalue weighted by Gasteiger charge is -2.10. The molecule has 0 fully saturated rings. The van der Waals surface area contributed by atoms with E-state index in [1.165, 1.54) is 6.21 Å². The number of hydrogen-bond donors (Lipinski definition) is 3. The van der Waals surface area contributed by atoms with Gasteiger partial charge in [0.1, 0.15) is 0 Å². The Balaban J connectivity index is 1.65. The number of hydrogen-bond acceptors (Lipinski definition) is 4. The van der Waals surface area contributed by atoms with E-state index in [1.807, 2.05) is 56.3 Å². The predicted octanol–water partition coefficient (Wildman–Crippen LogP) is 4.79. The molecule has 0 aliphatic carbocycles. The molecule has 0 bridgehead atoms. The summed E-state index contributed by atoms with van der Waals surface area (Å²) in [5, 5.41) is 10.2. The SMILES string of the molecule is Cc1ccc(NC(=O)C(=O)N/N=C\c2cc(Cl)ccc2Nc2ccc(C)cc2)cc1. The molecule has 6 nitrogen and oxygen atoms in total. The van der Waals surface area contributed by atoms with E-state index in [2.05, 4.69) is 21.2 Å². The minimum atomic E-state index is -0.873. The summed E-state index contributed by atoms with van der Waals surface area (Å²) >= 11 is 6.09. The van der Waals surface area contributed by atoms with Gasteiger partial charge in [-0.25, -0.2) is 5.43 Å². The van der Waals surface area contributed by atoms with E-state index in [0.29, 0.717) is 16.3 Å². The summed E-state index contributed by atoms with van der Waals surface area (Å²) in [6, 6.07) is 20.3. The van der Waals surface area contributed by atoms with Gasteiger partial charge in [-0.2, -0.15) is 5.10 Å². The summed E-state index contributed by atoms with van der Waals surface area (Å²) in [6.07, 6.45) is 1.43. The number of rotatable bonds is 5. The molecule has 0 aromatic heterocycles. The van der Waals surface area contributed by atoms with E-state index in [1.54, 1.807) is 24.3 Å². The third-order valence-corrected chi connectivity index (χ3v) is 4.46. The number of hydrazone groups is 1. The van der Waals surface area contributed by atoms with Gasteiger partial charge in [0.05, 0.1) is 6.21 Å². The van der Waals surface area contributed by atoms with Crippen LogP contribution >= 0.6 is 11.6 Å². The summed E-state index contributed by atoms with van der Waals surface area (Å²) in [5.41, 5.74) is 7.28. The Hall–Kier alpha value is -3.64. The second-order valence-electron chi connectivity index (χ2n) is 6.74. The van der Waals surface area contributed by atoms with Crippen molar-refractivity contribution in [3.05, 3.63) is 88.4 Å². The molecule has 152 valence electrons. The van der Waals surface area contributed by atoms with Crippen LogP contribution < -0.4 is 16.1 Å². The smallest absolute Gasteiger partial charge is 0.329 e. The fourth-order valence-corrected chi connectivity index (χ4v) is 2.76. The number of carbonyl (C=O) groups excluding carboxylic acids is 2. The quantitative estimate of drug-likeness (QED) is 0.315. The monoisotopic (exact) mass is 420 g/mol. The highest BCUT2D eigenvalue weighted by molar-refractivity contribution is 6.39. The Morgan fingerprint density at radius 2 is 1.43 bits per heavy atom. The Morgan fingerprint density at radius 1 is 0.833 bits per heavy atom. The summed E-state index contributed by atoms with van der Waals surface area (Å²) in [4.78, 5) is 24.0. The lowest BCUT2D eigenvalue weighted by atomic mass is 10.1. The second kappa shape index (κ2) is 9.71. The summed E-state index contributed by atoms with van der Waals surface area (Å²) in [5.74, 6) is -1.68. The first kappa shape index (κ1) is 21.1. The molecule has 7 heteroatoms. The molecule has 3 N–H and O–H groups in total. The lowest BCUT2D eigenvalue weighted by molar-refractivity contribution is -0.136. The molecular formula is C23H21ClN4O2. The third kappa shape index (κ3) is 5.93. The van der Waals surface area contributed by atoms with Crippen molar-refractivity contribution >= 4 is 46.7 Å². The Kier molecular flexibility index (Phi) is 6.83. The molecule has 30 heavy (non-hydrogen) atoms. The number of benzene rings is 3. The van der Waals surface area contributed by atoms with E-state index < -0.39 is 11.8 Å². The Morgan fingerprint density at radius 3 is 2.07 bits per heavy atom. The minimum Gasteiger partial charge on any atom is -0.355 e. The highest BCUT2D eigenvalue weighted by Crippen LogP contribution is 2.23. The van der Waals surface area contributed by atoms with Gasteiger partial charge in [-0.3, -0.25) is 9.59 Å². The van der Waals surface area contributed by atoms with Crippen LogP contribution in [0.25, 0.3) is 0 Å². The van der Waals surface area contributed by atoms with Crippen LogP contribution in [-0.4, -0.2) is 18.0 Å². The van der Waals surface area contributed by atoms with Crippen molar-refractivity contribution in [1.82, 2.24) is 5.43 Å². The van der Waals surface area contributed by atoms with E-state index >= 15 is 0 Å². The fourth-order valence-electron chi connectivity index (χ4n) is 2.58. The third-order valence-electron chi connectivity index (χ3n) is 4.23. The maximum Gasteiger partial charge on any atom is 0.329 e.